The zero-order chi connectivity index (χ0) is 10.9. The van der Waals surface area contributed by atoms with Crippen LogP contribution in [0.4, 0.5) is 0 Å². The Morgan fingerprint density at radius 1 is 1.13 bits per heavy atom. The number of hydrogen-bond donors (Lipinski definition) is 2. The van der Waals surface area contributed by atoms with Crippen LogP contribution in [0.5, 0.6) is 5.75 Å². The third-order valence-electron chi connectivity index (χ3n) is 3.38. The molecule has 0 saturated heterocycles. The van der Waals surface area contributed by atoms with Crippen molar-refractivity contribution in [3.63, 3.8) is 0 Å². The minimum Gasteiger partial charge on any atom is -0.508 e. The summed E-state index contributed by atoms with van der Waals surface area (Å²) in [5.74, 6) is 0.334. The van der Waals surface area contributed by atoms with Crippen LogP contribution in [0.1, 0.15) is 43.2 Å². The van der Waals surface area contributed by atoms with Gasteiger partial charge in [0.05, 0.1) is 0 Å². The Labute approximate surface area is 91.1 Å². The molecule has 1 aliphatic rings. The molecule has 1 saturated carbocycles. The molecule has 1 aromatic carbocycles. The summed E-state index contributed by atoms with van der Waals surface area (Å²) >= 11 is 0. The van der Waals surface area contributed by atoms with Crippen LogP contribution in [0, 0.1) is 6.92 Å². The molecule has 2 rings (SSSR count). The van der Waals surface area contributed by atoms with E-state index < -0.39 is 0 Å². The standard InChI is InChI=1S/C13H19NO/c1-10-7-11(9-12(15)8-10)13(14)5-3-2-4-6-13/h7-9,15H,2-6,14H2,1H3. The van der Waals surface area contributed by atoms with Gasteiger partial charge in [-0.05, 0) is 43.0 Å². The molecular formula is C13H19NO. The maximum absolute atomic E-state index is 9.58. The predicted molar refractivity (Wildman–Crippen MR) is 61.8 cm³/mol. The molecule has 2 heteroatoms. The van der Waals surface area contributed by atoms with Gasteiger partial charge in [-0.1, -0.05) is 25.3 Å². The van der Waals surface area contributed by atoms with Gasteiger partial charge < -0.3 is 10.8 Å². The van der Waals surface area contributed by atoms with E-state index in [2.05, 4.69) is 6.07 Å². The molecule has 0 bridgehead atoms. The van der Waals surface area contributed by atoms with Crippen molar-refractivity contribution >= 4 is 0 Å². The molecule has 0 aliphatic heterocycles. The highest BCUT2D eigenvalue weighted by Crippen LogP contribution is 2.36. The van der Waals surface area contributed by atoms with E-state index in [1.54, 1.807) is 6.07 Å². The van der Waals surface area contributed by atoms with Gasteiger partial charge in [-0.15, -0.1) is 0 Å². The average Bonchev–Trinajstić information content (AvgIpc) is 2.17. The molecule has 0 aromatic heterocycles. The van der Waals surface area contributed by atoms with Gasteiger partial charge in [-0.2, -0.15) is 0 Å². The molecule has 0 unspecified atom stereocenters. The first kappa shape index (κ1) is 10.5. The van der Waals surface area contributed by atoms with E-state index in [0.29, 0.717) is 5.75 Å². The second-order valence-corrected chi connectivity index (χ2v) is 4.77. The number of benzene rings is 1. The van der Waals surface area contributed by atoms with Gasteiger partial charge in [0.1, 0.15) is 5.75 Å². The first-order valence-electron chi connectivity index (χ1n) is 5.70. The highest BCUT2D eigenvalue weighted by Gasteiger charge is 2.29. The van der Waals surface area contributed by atoms with E-state index in [9.17, 15) is 5.11 Å². The van der Waals surface area contributed by atoms with Crippen molar-refractivity contribution in [1.29, 1.82) is 0 Å². The lowest BCUT2D eigenvalue weighted by Crippen LogP contribution is -2.38. The fraction of sp³-hybridized carbons (Fsp3) is 0.538. The number of nitrogens with two attached hydrogens (primary N) is 1. The minimum absolute atomic E-state index is 0.207. The van der Waals surface area contributed by atoms with Crippen LogP contribution in [0.25, 0.3) is 0 Å². The molecule has 1 aliphatic carbocycles. The minimum atomic E-state index is -0.207. The molecule has 3 N–H and O–H groups in total. The van der Waals surface area contributed by atoms with Crippen LogP contribution in [-0.4, -0.2) is 5.11 Å². The first-order valence-corrected chi connectivity index (χ1v) is 5.70. The van der Waals surface area contributed by atoms with Crippen LogP contribution in [-0.2, 0) is 5.54 Å². The second-order valence-electron chi connectivity index (χ2n) is 4.77. The predicted octanol–water partition coefficient (Wildman–Crippen LogP) is 2.82. The van der Waals surface area contributed by atoms with E-state index in [4.69, 9.17) is 5.73 Å². The number of aryl methyl sites for hydroxylation is 1. The fourth-order valence-corrected chi connectivity index (χ4v) is 2.52. The Kier molecular flexibility index (Phi) is 2.70. The summed E-state index contributed by atoms with van der Waals surface area (Å²) in [7, 11) is 0. The van der Waals surface area contributed by atoms with E-state index in [1.165, 1.54) is 19.3 Å². The molecule has 0 atom stereocenters. The summed E-state index contributed by atoms with van der Waals surface area (Å²) in [6.45, 7) is 2.00. The Hall–Kier alpha value is -1.02. The van der Waals surface area contributed by atoms with Gasteiger partial charge in [-0.3, -0.25) is 0 Å². The van der Waals surface area contributed by atoms with Gasteiger partial charge in [0.25, 0.3) is 0 Å². The van der Waals surface area contributed by atoms with Gasteiger partial charge in [-0.25, -0.2) is 0 Å². The first-order chi connectivity index (χ1) is 7.10. The summed E-state index contributed by atoms with van der Waals surface area (Å²) in [5.41, 5.74) is 8.38. The van der Waals surface area contributed by atoms with E-state index in [0.717, 1.165) is 24.0 Å². The second kappa shape index (κ2) is 3.86. The van der Waals surface area contributed by atoms with Crippen molar-refractivity contribution in [3.05, 3.63) is 29.3 Å². The van der Waals surface area contributed by atoms with E-state index >= 15 is 0 Å². The maximum atomic E-state index is 9.58. The quantitative estimate of drug-likeness (QED) is 0.740. The summed E-state index contributed by atoms with van der Waals surface area (Å²) in [6.07, 6.45) is 5.76. The number of aromatic hydroxyl groups is 1. The van der Waals surface area contributed by atoms with Crippen molar-refractivity contribution in [3.8, 4) is 5.75 Å². The van der Waals surface area contributed by atoms with Gasteiger partial charge in [0.2, 0.25) is 0 Å². The molecule has 0 spiro atoms. The van der Waals surface area contributed by atoms with Crippen LogP contribution >= 0.6 is 0 Å². The van der Waals surface area contributed by atoms with Crippen LogP contribution in [0.3, 0.4) is 0 Å². The zero-order valence-electron chi connectivity index (χ0n) is 9.29. The van der Waals surface area contributed by atoms with Crippen molar-refractivity contribution in [2.75, 3.05) is 0 Å². The summed E-state index contributed by atoms with van der Waals surface area (Å²) < 4.78 is 0. The van der Waals surface area contributed by atoms with E-state index in [1.807, 2.05) is 13.0 Å². The Morgan fingerprint density at radius 3 is 2.40 bits per heavy atom. The molecule has 2 nitrogen and oxygen atoms in total. The third-order valence-corrected chi connectivity index (χ3v) is 3.38. The Balaban J connectivity index is 2.34. The molecule has 0 radical (unpaired) electrons. The van der Waals surface area contributed by atoms with Crippen LogP contribution in [0.15, 0.2) is 18.2 Å². The highest BCUT2D eigenvalue weighted by atomic mass is 16.3. The molecule has 1 fully saturated rings. The molecule has 0 heterocycles. The SMILES string of the molecule is Cc1cc(O)cc(C2(N)CCCCC2)c1. The Morgan fingerprint density at radius 2 is 1.80 bits per heavy atom. The molecule has 1 aromatic rings. The van der Waals surface area contributed by atoms with Crippen molar-refractivity contribution in [2.45, 2.75) is 44.6 Å². The lowest BCUT2D eigenvalue weighted by Gasteiger charge is -2.34. The fourth-order valence-electron chi connectivity index (χ4n) is 2.52. The number of rotatable bonds is 1. The van der Waals surface area contributed by atoms with E-state index in [-0.39, 0.29) is 5.54 Å². The topological polar surface area (TPSA) is 46.2 Å². The summed E-state index contributed by atoms with van der Waals surface area (Å²) in [6, 6.07) is 5.69. The monoisotopic (exact) mass is 205 g/mol. The normalized spacial score (nSPS) is 20.1. The van der Waals surface area contributed by atoms with Crippen LogP contribution in [0.2, 0.25) is 0 Å². The van der Waals surface area contributed by atoms with Gasteiger partial charge in [0, 0.05) is 5.54 Å². The zero-order valence-corrected chi connectivity index (χ0v) is 9.29. The highest BCUT2D eigenvalue weighted by molar-refractivity contribution is 5.37. The number of phenols is 1. The number of phenolic OH excluding ortho intramolecular Hbond substituents is 1. The summed E-state index contributed by atoms with van der Waals surface area (Å²) in [5, 5.41) is 9.58. The van der Waals surface area contributed by atoms with Crippen LogP contribution < -0.4 is 5.73 Å². The smallest absolute Gasteiger partial charge is 0.116 e. The molecule has 82 valence electrons. The van der Waals surface area contributed by atoms with Crippen molar-refractivity contribution in [1.82, 2.24) is 0 Å². The largest absolute Gasteiger partial charge is 0.508 e. The van der Waals surface area contributed by atoms with Gasteiger partial charge >= 0.3 is 0 Å². The summed E-state index contributed by atoms with van der Waals surface area (Å²) in [4.78, 5) is 0. The van der Waals surface area contributed by atoms with Gasteiger partial charge in [0.15, 0.2) is 0 Å². The average molecular weight is 205 g/mol. The lowest BCUT2D eigenvalue weighted by atomic mass is 9.77. The molecular weight excluding hydrogens is 186 g/mol. The Bertz CT molecular complexity index is 333. The number of hydrogen-bond acceptors (Lipinski definition) is 2. The third kappa shape index (κ3) is 2.15. The molecule has 0 amide bonds. The lowest BCUT2D eigenvalue weighted by molar-refractivity contribution is 0.301. The van der Waals surface area contributed by atoms with Crippen molar-refractivity contribution in [2.24, 2.45) is 5.73 Å². The van der Waals surface area contributed by atoms with Crippen molar-refractivity contribution < 1.29 is 5.11 Å². The molecule has 15 heavy (non-hydrogen) atoms. The maximum Gasteiger partial charge on any atom is 0.116 e.